The Labute approximate surface area is 122 Å². The average Bonchev–Trinajstić information content (AvgIpc) is 2.54. The van der Waals surface area contributed by atoms with Gasteiger partial charge in [-0.05, 0) is 30.5 Å². The first-order valence-electron chi connectivity index (χ1n) is 6.83. The summed E-state index contributed by atoms with van der Waals surface area (Å²) in [4.78, 5) is 18.4. The minimum absolute atomic E-state index is 0.133. The van der Waals surface area contributed by atoms with E-state index in [0.717, 1.165) is 18.4 Å². The van der Waals surface area contributed by atoms with Gasteiger partial charge in [0.05, 0.1) is 24.6 Å². The molecule has 21 heavy (non-hydrogen) atoms. The van der Waals surface area contributed by atoms with Gasteiger partial charge in [-0.3, -0.25) is 9.78 Å². The second-order valence-corrected chi connectivity index (χ2v) is 4.92. The highest BCUT2D eigenvalue weighted by Gasteiger charge is 2.27. The summed E-state index contributed by atoms with van der Waals surface area (Å²) in [6.45, 7) is 0.578. The molecule has 3 rings (SSSR count). The lowest BCUT2D eigenvalue weighted by molar-refractivity contribution is 0.0981. The van der Waals surface area contributed by atoms with Crippen LogP contribution in [0.2, 0.25) is 0 Å². The number of hydrogen-bond donors (Lipinski definition) is 1. The zero-order valence-corrected chi connectivity index (χ0v) is 11.7. The average molecular weight is 284 g/mol. The quantitative estimate of drug-likeness (QED) is 0.919. The summed E-state index contributed by atoms with van der Waals surface area (Å²) in [5.74, 6) is 0.385. The molecule has 2 heterocycles. The molecule has 0 fully saturated rings. The molecular formula is C16H16N2O3. The predicted octanol–water partition coefficient (Wildman–Crippen LogP) is 2.39. The van der Waals surface area contributed by atoms with Crippen molar-refractivity contribution < 1.29 is 14.6 Å². The SMILES string of the molecule is COc1cnccc1C(=O)N1CCCc2cccc(O)c21. The van der Waals surface area contributed by atoms with Crippen molar-refractivity contribution in [2.45, 2.75) is 12.8 Å². The van der Waals surface area contributed by atoms with E-state index in [9.17, 15) is 9.90 Å². The van der Waals surface area contributed by atoms with Crippen molar-refractivity contribution in [3.63, 3.8) is 0 Å². The van der Waals surface area contributed by atoms with Gasteiger partial charge in [-0.15, -0.1) is 0 Å². The number of anilines is 1. The molecule has 0 saturated carbocycles. The number of nitrogens with zero attached hydrogens (tertiary/aromatic N) is 2. The van der Waals surface area contributed by atoms with Crippen LogP contribution in [0.5, 0.6) is 11.5 Å². The van der Waals surface area contributed by atoms with E-state index in [1.54, 1.807) is 29.3 Å². The highest BCUT2D eigenvalue weighted by atomic mass is 16.5. The smallest absolute Gasteiger partial charge is 0.262 e. The van der Waals surface area contributed by atoms with E-state index in [1.807, 2.05) is 6.07 Å². The first-order chi connectivity index (χ1) is 10.2. The van der Waals surface area contributed by atoms with Crippen molar-refractivity contribution in [2.24, 2.45) is 0 Å². The minimum Gasteiger partial charge on any atom is -0.506 e. The molecule has 1 aliphatic rings. The lowest BCUT2D eigenvalue weighted by atomic mass is 10.00. The van der Waals surface area contributed by atoms with Crippen molar-refractivity contribution in [3.8, 4) is 11.5 Å². The summed E-state index contributed by atoms with van der Waals surface area (Å²) in [5, 5.41) is 10.1. The third-order valence-electron chi connectivity index (χ3n) is 3.68. The standard InChI is InChI=1S/C16H16N2O3/c1-21-14-10-17-8-7-12(14)16(20)18-9-3-5-11-4-2-6-13(19)15(11)18/h2,4,6-8,10,19H,3,5,9H2,1H3. The molecule has 0 atom stereocenters. The minimum atomic E-state index is -0.184. The van der Waals surface area contributed by atoms with Crippen molar-refractivity contribution >= 4 is 11.6 Å². The zero-order valence-electron chi connectivity index (χ0n) is 11.7. The molecule has 0 aliphatic carbocycles. The van der Waals surface area contributed by atoms with Crippen LogP contribution in [0.3, 0.4) is 0 Å². The number of aromatic hydroxyl groups is 1. The van der Waals surface area contributed by atoms with E-state index in [4.69, 9.17) is 4.74 Å². The number of carbonyl (C=O) groups excluding carboxylic acids is 1. The van der Waals surface area contributed by atoms with Crippen LogP contribution in [0.15, 0.2) is 36.7 Å². The summed E-state index contributed by atoms with van der Waals surface area (Å²) in [6, 6.07) is 6.98. The number of para-hydroxylation sites is 1. The van der Waals surface area contributed by atoms with Gasteiger partial charge in [0.25, 0.3) is 5.91 Å². The fraction of sp³-hybridized carbons (Fsp3) is 0.250. The van der Waals surface area contributed by atoms with Gasteiger partial charge in [-0.2, -0.15) is 0 Å². The topological polar surface area (TPSA) is 62.7 Å². The van der Waals surface area contributed by atoms with E-state index in [1.165, 1.54) is 13.3 Å². The van der Waals surface area contributed by atoms with Crippen LogP contribution in [0.4, 0.5) is 5.69 Å². The Morgan fingerprint density at radius 2 is 2.24 bits per heavy atom. The molecule has 0 bridgehead atoms. The van der Waals surface area contributed by atoms with Gasteiger partial charge < -0.3 is 14.7 Å². The summed E-state index contributed by atoms with van der Waals surface area (Å²) in [5.41, 5.74) is 2.04. The number of phenolic OH excluding ortho intramolecular Hbond substituents is 1. The number of aromatic nitrogens is 1. The number of methoxy groups -OCH3 is 1. The number of pyridine rings is 1. The maximum absolute atomic E-state index is 12.8. The number of carbonyl (C=O) groups is 1. The maximum atomic E-state index is 12.8. The van der Waals surface area contributed by atoms with Crippen LogP contribution in [0, 0.1) is 0 Å². The van der Waals surface area contributed by atoms with Gasteiger partial charge in [-0.25, -0.2) is 0 Å². The van der Waals surface area contributed by atoms with Gasteiger partial charge in [0.15, 0.2) is 0 Å². The second-order valence-electron chi connectivity index (χ2n) is 4.92. The van der Waals surface area contributed by atoms with Gasteiger partial charge in [-0.1, -0.05) is 12.1 Å². The van der Waals surface area contributed by atoms with Crippen molar-refractivity contribution in [1.29, 1.82) is 0 Å². The van der Waals surface area contributed by atoms with Crippen LogP contribution >= 0.6 is 0 Å². The monoisotopic (exact) mass is 284 g/mol. The van der Waals surface area contributed by atoms with Gasteiger partial charge >= 0.3 is 0 Å². The predicted molar refractivity (Wildman–Crippen MR) is 78.9 cm³/mol. The van der Waals surface area contributed by atoms with Crippen LogP contribution in [0.25, 0.3) is 0 Å². The zero-order chi connectivity index (χ0) is 14.8. The van der Waals surface area contributed by atoms with Gasteiger partial charge in [0.1, 0.15) is 11.5 Å². The highest BCUT2D eigenvalue weighted by molar-refractivity contribution is 6.09. The first kappa shape index (κ1) is 13.4. The van der Waals surface area contributed by atoms with Crippen LogP contribution < -0.4 is 9.64 Å². The molecule has 0 spiro atoms. The number of ether oxygens (including phenoxy) is 1. The number of amides is 1. The van der Waals surface area contributed by atoms with E-state index in [2.05, 4.69) is 4.98 Å². The Morgan fingerprint density at radius 1 is 1.38 bits per heavy atom. The van der Waals surface area contributed by atoms with E-state index in [-0.39, 0.29) is 11.7 Å². The Kier molecular flexibility index (Phi) is 3.48. The molecule has 1 aliphatic heterocycles. The fourth-order valence-electron chi connectivity index (χ4n) is 2.70. The molecule has 0 unspecified atom stereocenters. The molecule has 2 aromatic rings. The highest BCUT2D eigenvalue weighted by Crippen LogP contribution is 2.36. The lowest BCUT2D eigenvalue weighted by Gasteiger charge is -2.30. The molecule has 5 nitrogen and oxygen atoms in total. The summed E-state index contributed by atoms with van der Waals surface area (Å²) in [7, 11) is 1.51. The third-order valence-corrected chi connectivity index (χ3v) is 3.68. The van der Waals surface area contributed by atoms with Crippen molar-refractivity contribution in [2.75, 3.05) is 18.6 Å². The summed E-state index contributed by atoms with van der Waals surface area (Å²) < 4.78 is 5.20. The Morgan fingerprint density at radius 3 is 3.05 bits per heavy atom. The molecule has 5 heteroatoms. The van der Waals surface area contributed by atoms with Crippen LogP contribution in [-0.2, 0) is 6.42 Å². The summed E-state index contributed by atoms with van der Waals surface area (Å²) in [6.07, 6.45) is 4.81. The number of hydrogen-bond acceptors (Lipinski definition) is 4. The van der Waals surface area contributed by atoms with Gasteiger partial charge in [0, 0.05) is 12.7 Å². The Hall–Kier alpha value is -2.56. The Bertz CT molecular complexity index is 685. The maximum Gasteiger partial charge on any atom is 0.262 e. The van der Waals surface area contributed by atoms with Crippen molar-refractivity contribution in [1.82, 2.24) is 4.98 Å². The van der Waals surface area contributed by atoms with E-state index >= 15 is 0 Å². The molecule has 1 amide bonds. The Balaban J connectivity index is 2.05. The van der Waals surface area contributed by atoms with Crippen LogP contribution in [-0.4, -0.2) is 29.7 Å². The molecule has 1 N–H and O–H groups in total. The normalized spacial score (nSPS) is 13.7. The number of benzene rings is 1. The number of aryl methyl sites for hydroxylation is 1. The number of fused-ring (bicyclic) bond motifs is 1. The second kappa shape index (κ2) is 5.44. The summed E-state index contributed by atoms with van der Waals surface area (Å²) >= 11 is 0. The largest absolute Gasteiger partial charge is 0.506 e. The van der Waals surface area contributed by atoms with Gasteiger partial charge in [0.2, 0.25) is 0 Å². The third kappa shape index (κ3) is 2.31. The molecule has 0 saturated heterocycles. The molecule has 0 radical (unpaired) electrons. The van der Waals surface area contributed by atoms with E-state index < -0.39 is 0 Å². The fourth-order valence-corrected chi connectivity index (χ4v) is 2.70. The molecule has 1 aromatic heterocycles. The van der Waals surface area contributed by atoms with E-state index in [0.29, 0.717) is 23.5 Å². The first-order valence-corrected chi connectivity index (χ1v) is 6.83. The van der Waals surface area contributed by atoms with Crippen LogP contribution in [0.1, 0.15) is 22.3 Å². The molecule has 108 valence electrons. The lowest BCUT2D eigenvalue weighted by Crippen LogP contribution is -2.35. The molecule has 1 aromatic carbocycles. The van der Waals surface area contributed by atoms with Crippen molar-refractivity contribution in [3.05, 3.63) is 47.8 Å². The number of phenols is 1. The number of rotatable bonds is 2. The molecular weight excluding hydrogens is 268 g/mol.